The van der Waals surface area contributed by atoms with Gasteiger partial charge in [0.1, 0.15) is 14.9 Å². The average Bonchev–Trinajstić information content (AvgIpc) is 3.49. The maximum atomic E-state index is 13.2. The summed E-state index contributed by atoms with van der Waals surface area (Å²) in [4.78, 5) is 28.1. The summed E-state index contributed by atoms with van der Waals surface area (Å²) in [6.45, 7) is 1.06. The molecule has 1 aliphatic rings. The largest absolute Gasteiger partial charge is 0.335 e. The number of piperazine rings is 1. The van der Waals surface area contributed by atoms with E-state index >= 15 is 0 Å². The van der Waals surface area contributed by atoms with E-state index < -0.39 is 10.0 Å². The zero-order valence-electron chi connectivity index (χ0n) is 16.2. The van der Waals surface area contributed by atoms with Crippen molar-refractivity contribution in [2.75, 3.05) is 26.2 Å². The lowest BCUT2D eigenvalue weighted by Gasteiger charge is -2.33. The van der Waals surface area contributed by atoms with Crippen molar-refractivity contribution in [1.82, 2.24) is 24.2 Å². The Balaban J connectivity index is 1.37. The lowest BCUT2D eigenvalue weighted by Crippen LogP contribution is -2.50. The number of hydrogen-bond acceptors (Lipinski definition) is 8. The molecule has 31 heavy (non-hydrogen) atoms. The van der Waals surface area contributed by atoms with Gasteiger partial charge in [0.25, 0.3) is 15.9 Å². The molecule has 0 radical (unpaired) electrons. The number of hydrogen-bond donors (Lipinski definition) is 0. The Bertz CT molecular complexity index is 1310. The molecule has 1 aromatic carbocycles. The van der Waals surface area contributed by atoms with Gasteiger partial charge in [0.05, 0.1) is 10.2 Å². The van der Waals surface area contributed by atoms with Crippen molar-refractivity contribution in [3.05, 3.63) is 59.9 Å². The normalized spacial score (nSPS) is 15.4. The van der Waals surface area contributed by atoms with E-state index in [4.69, 9.17) is 0 Å². The highest BCUT2D eigenvalue weighted by Gasteiger charge is 2.32. The first-order valence-corrected chi connectivity index (χ1v) is 12.7. The van der Waals surface area contributed by atoms with Gasteiger partial charge in [-0.2, -0.15) is 4.31 Å². The molecule has 1 saturated heterocycles. The van der Waals surface area contributed by atoms with Crippen LogP contribution in [0.15, 0.2) is 58.4 Å². The van der Waals surface area contributed by atoms with Crippen LogP contribution >= 0.6 is 22.7 Å². The van der Waals surface area contributed by atoms with E-state index in [0.29, 0.717) is 28.0 Å². The Kier molecular flexibility index (Phi) is 5.26. The number of thiazole rings is 1. The van der Waals surface area contributed by atoms with E-state index in [-0.39, 0.29) is 24.7 Å². The first-order chi connectivity index (χ1) is 15.0. The fraction of sp³-hybridized carbons (Fsp3) is 0.200. The van der Waals surface area contributed by atoms with Crippen LogP contribution in [0.3, 0.4) is 0 Å². The Labute approximate surface area is 186 Å². The minimum atomic E-state index is -3.52. The SMILES string of the molecule is O=C(c1nccnc1-c1nc2ccccc2s1)N1CCN(S(=O)(=O)c2cccs2)CC1. The fourth-order valence-electron chi connectivity index (χ4n) is 3.44. The van der Waals surface area contributed by atoms with Gasteiger partial charge in [-0.1, -0.05) is 18.2 Å². The van der Waals surface area contributed by atoms with E-state index in [2.05, 4.69) is 15.0 Å². The topological polar surface area (TPSA) is 96.4 Å². The van der Waals surface area contributed by atoms with Crippen LogP contribution in [0.25, 0.3) is 20.9 Å². The lowest BCUT2D eigenvalue weighted by atomic mass is 10.2. The summed E-state index contributed by atoms with van der Waals surface area (Å²) in [5, 5.41) is 2.38. The minimum absolute atomic E-state index is 0.233. The van der Waals surface area contributed by atoms with E-state index in [1.807, 2.05) is 24.3 Å². The van der Waals surface area contributed by atoms with E-state index in [1.54, 1.807) is 28.6 Å². The highest BCUT2D eigenvalue weighted by Crippen LogP contribution is 2.31. The first-order valence-electron chi connectivity index (χ1n) is 9.54. The van der Waals surface area contributed by atoms with Crippen molar-refractivity contribution >= 4 is 48.8 Å². The maximum Gasteiger partial charge on any atom is 0.274 e. The van der Waals surface area contributed by atoms with Crippen LogP contribution < -0.4 is 0 Å². The molecule has 158 valence electrons. The summed E-state index contributed by atoms with van der Waals surface area (Å²) >= 11 is 2.65. The van der Waals surface area contributed by atoms with E-state index in [1.165, 1.54) is 33.2 Å². The summed E-state index contributed by atoms with van der Waals surface area (Å²) in [5.41, 5.74) is 1.53. The molecule has 8 nitrogen and oxygen atoms in total. The third kappa shape index (κ3) is 3.74. The van der Waals surface area contributed by atoms with Crippen LogP contribution in [0.5, 0.6) is 0 Å². The second-order valence-corrected chi connectivity index (χ2v) is 11.0. The number of para-hydroxylation sites is 1. The summed E-state index contributed by atoms with van der Waals surface area (Å²) < 4.78 is 28.2. The summed E-state index contributed by atoms with van der Waals surface area (Å²) in [7, 11) is -3.52. The van der Waals surface area contributed by atoms with Gasteiger partial charge in [-0.25, -0.2) is 23.4 Å². The van der Waals surface area contributed by atoms with Crippen LogP contribution in [-0.2, 0) is 10.0 Å². The highest BCUT2D eigenvalue weighted by molar-refractivity contribution is 7.91. The predicted octanol–water partition coefficient (Wildman–Crippen LogP) is 2.96. The molecule has 1 amide bonds. The zero-order valence-corrected chi connectivity index (χ0v) is 18.7. The number of fused-ring (bicyclic) bond motifs is 1. The Morgan fingerprint density at radius 1 is 0.968 bits per heavy atom. The molecule has 3 aromatic heterocycles. The second kappa shape index (κ2) is 8.08. The lowest BCUT2D eigenvalue weighted by molar-refractivity contribution is 0.0692. The van der Waals surface area contributed by atoms with Crippen LogP contribution in [0.4, 0.5) is 0 Å². The van der Waals surface area contributed by atoms with Crippen LogP contribution in [-0.4, -0.2) is 64.7 Å². The molecule has 0 unspecified atom stereocenters. The third-order valence-electron chi connectivity index (χ3n) is 5.01. The van der Waals surface area contributed by atoms with Gasteiger partial charge in [0.15, 0.2) is 5.69 Å². The quantitative estimate of drug-likeness (QED) is 0.454. The number of carbonyl (C=O) groups is 1. The minimum Gasteiger partial charge on any atom is -0.335 e. The number of thiophene rings is 1. The third-order valence-corrected chi connectivity index (χ3v) is 9.33. The molecule has 0 N–H and O–H groups in total. The standard InChI is InChI=1S/C20H17N5O3S3/c26-20(24-9-11-25(12-10-24)31(27,28)16-6-3-13-29-16)18-17(21-7-8-22-18)19-23-14-4-1-2-5-15(14)30-19/h1-8,13H,9-12H2. The number of amides is 1. The molecule has 0 aliphatic carbocycles. The molecular formula is C20H17N5O3S3. The summed E-state index contributed by atoms with van der Waals surface area (Å²) in [5.74, 6) is -0.268. The molecule has 4 aromatic rings. The number of benzene rings is 1. The monoisotopic (exact) mass is 471 g/mol. The van der Waals surface area contributed by atoms with Gasteiger partial charge in [0, 0.05) is 38.6 Å². The van der Waals surface area contributed by atoms with Gasteiger partial charge in [-0.3, -0.25) is 4.79 Å². The van der Waals surface area contributed by atoms with Crippen molar-refractivity contribution in [3.63, 3.8) is 0 Å². The molecule has 11 heteroatoms. The molecule has 0 spiro atoms. The molecule has 5 rings (SSSR count). The van der Waals surface area contributed by atoms with Gasteiger partial charge >= 0.3 is 0 Å². The Morgan fingerprint density at radius 2 is 1.74 bits per heavy atom. The molecule has 0 saturated carbocycles. The van der Waals surface area contributed by atoms with Crippen molar-refractivity contribution in [2.24, 2.45) is 0 Å². The first kappa shape index (κ1) is 20.2. The number of aromatic nitrogens is 3. The zero-order chi connectivity index (χ0) is 21.4. The smallest absolute Gasteiger partial charge is 0.274 e. The van der Waals surface area contributed by atoms with Crippen molar-refractivity contribution in [1.29, 1.82) is 0 Å². The second-order valence-electron chi connectivity index (χ2n) is 6.87. The summed E-state index contributed by atoms with van der Waals surface area (Å²) in [6.07, 6.45) is 3.03. The number of carbonyl (C=O) groups excluding carboxylic acids is 1. The number of sulfonamides is 1. The van der Waals surface area contributed by atoms with Crippen LogP contribution in [0.2, 0.25) is 0 Å². The maximum absolute atomic E-state index is 13.2. The van der Waals surface area contributed by atoms with Crippen LogP contribution in [0.1, 0.15) is 10.5 Å². The molecule has 0 atom stereocenters. The molecule has 0 bridgehead atoms. The molecule has 1 aliphatic heterocycles. The van der Waals surface area contributed by atoms with Crippen molar-refractivity contribution in [3.8, 4) is 10.7 Å². The Morgan fingerprint density at radius 3 is 2.48 bits per heavy atom. The number of nitrogens with zero attached hydrogens (tertiary/aromatic N) is 5. The predicted molar refractivity (Wildman–Crippen MR) is 120 cm³/mol. The highest BCUT2D eigenvalue weighted by atomic mass is 32.2. The molecular weight excluding hydrogens is 454 g/mol. The Hall–Kier alpha value is -2.73. The summed E-state index contributed by atoms with van der Waals surface area (Å²) in [6, 6.07) is 11.1. The van der Waals surface area contributed by atoms with Gasteiger partial charge in [0.2, 0.25) is 0 Å². The van der Waals surface area contributed by atoms with Gasteiger partial charge in [-0.05, 0) is 23.6 Å². The van der Waals surface area contributed by atoms with Crippen molar-refractivity contribution < 1.29 is 13.2 Å². The average molecular weight is 472 g/mol. The molecule has 1 fully saturated rings. The van der Waals surface area contributed by atoms with Gasteiger partial charge in [-0.15, -0.1) is 22.7 Å². The number of rotatable bonds is 4. The fourth-order valence-corrected chi connectivity index (χ4v) is 6.97. The molecule has 4 heterocycles. The van der Waals surface area contributed by atoms with Crippen LogP contribution in [0, 0.1) is 0 Å². The van der Waals surface area contributed by atoms with E-state index in [9.17, 15) is 13.2 Å². The van der Waals surface area contributed by atoms with Gasteiger partial charge < -0.3 is 4.90 Å². The van der Waals surface area contributed by atoms with Crippen molar-refractivity contribution in [2.45, 2.75) is 4.21 Å². The van der Waals surface area contributed by atoms with E-state index in [0.717, 1.165) is 10.2 Å².